The summed E-state index contributed by atoms with van der Waals surface area (Å²) in [5, 5.41) is 7.19. The van der Waals surface area contributed by atoms with Crippen LogP contribution in [0.2, 0.25) is 0 Å². The molecule has 0 aromatic carbocycles. The van der Waals surface area contributed by atoms with Gasteiger partial charge in [0, 0.05) is 38.4 Å². The third-order valence-electron chi connectivity index (χ3n) is 5.02. The molecule has 126 valence electrons. The highest BCUT2D eigenvalue weighted by Crippen LogP contribution is 2.21. The summed E-state index contributed by atoms with van der Waals surface area (Å²) in [6.07, 6.45) is 6.56. The van der Waals surface area contributed by atoms with Gasteiger partial charge in [-0.05, 0) is 36.8 Å². The molecule has 1 aliphatic heterocycles. The predicted octanol–water partition coefficient (Wildman–Crippen LogP) is 0.344. The van der Waals surface area contributed by atoms with E-state index in [1.807, 2.05) is 6.20 Å². The number of fused-ring (bicyclic) bond motifs is 2. The van der Waals surface area contributed by atoms with Crippen molar-refractivity contribution in [3.8, 4) is 0 Å². The molecule has 1 amide bonds. The van der Waals surface area contributed by atoms with Gasteiger partial charge in [-0.25, -0.2) is 9.48 Å². The zero-order valence-corrected chi connectivity index (χ0v) is 13.8. The Morgan fingerprint density at radius 2 is 2.25 bits per heavy atom. The van der Waals surface area contributed by atoms with E-state index in [4.69, 9.17) is 0 Å². The predicted molar refractivity (Wildman–Crippen MR) is 87.4 cm³/mol. The zero-order valence-electron chi connectivity index (χ0n) is 13.8. The first kappa shape index (κ1) is 15.1. The molecule has 7 heteroatoms. The van der Waals surface area contributed by atoms with E-state index in [1.165, 1.54) is 22.4 Å². The fraction of sp³-hybridized carbons (Fsp3) is 0.529. The van der Waals surface area contributed by atoms with E-state index in [9.17, 15) is 9.59 Å². The smallest absolute Gasteiger partial charge is 0.345 e. The number of hydrogen-bond donors (Lipinski definition) is 1. The van der Waals surface area contributed by atoms with Crippen LogP contribution in [-0.2, 0) is 44.2 Å². The number of aromatic nitrogens is 4. The minimum Gasteiger partial charge on any atom is -0.352 e. The number of carbonyl (C=O) groups excluding carboxylic acids is 1. The lowest BCUT2D eigenvalue weighted by Gasteiger charge is -2.21. The topological polar surface area (TPSA) is 81.8 Å². The Morgan fingerprint density at radius 1 is 1.38 bits per heavy atom. The third kappa shape index (κ3) is 2.64. The number of hydrogen-bond acceptors (Lipinski definition) is 4. The van der Waals surface area contributed by atoms with Gasteiger partial charge in [-0.2, -0.15) is 5.10 Å². The maximum atomic E-state index is 12.5. The lowest BCUT2D eigenvalue weighted by Crippen LogP contribution is -2.38. The van der Waals surface area contributed by atoms with Gasteiger partial charge in [0.1, 0.15) is 5.82 Å². The van der Waals surface area contributed by atoms with Crippen LogP contribution in [0.5, 0.6) is 0 Å². The molecule has 2 aromatic rings. The van der Waals surface area contributed by atoms with Gasteiger partial charge in [-0.15, -0.1) is 0 Å². The van der Waals surface area contributed by atoms with Crippen molar-refractivity contribution in [1.82, 2.24) is 24.6 Å². The van der Waals surface area contributed by atoms with Crippen LogP contribution < -0.4 is 11.0 Å². The van der Waals surface area contributed by atoms with Crippen molar-refractivity contribution in [2.45, 2.75) is 45.2 Å². The summed E-state index contributed by atoms with van der Waals surface area (Å²) in [4.78, 5) is 28.9. The Kier molecular flexibility index (Phi) is 3.70. The van der Waals surface area contributed by atoms with Crippen molar-refractivity contribution in [3.63, 3.8) is 0 Å². The Hall–Kier alpha value is -2.44. The van der Waals surface area contributed by atoms with Crippen molar-refractivity contribution in [1.29, 1.82) is 0 Å². The Bertz CT molecular complexity index is 851. The molecule has 0 saturated heterocycles. The highest BCUT2D eigenvalue weighted by Gasteiger charge is 2.27. The maximum Gasteiger partial charge on any atom is 0.345 e. The average Bonchev–Trinajstić information content (AvgIpc) is 3.17. The Labute approximate surface area is 139 Å². The van der Waals surface area contributed by atoms with Crippen molar-refractivity contribution in [3.05, 3.63) is 45.4 Å². The number of aryl methyl sites for hydroxylation is 4. The zero-order chi connectivity index (χ0) is 16.7. The van der Waals surface area contributed by atoms with Crippen LogP contribution in [0.1, 0.15) is 35.5 Å². The largest absolute Gasteiger partial charge is 0.352 e. The SMILES string of the molecule is Cn1nc2n(c1=O)C[C@@H](C(=O)NCc1cnc3c(c1)CCC3)CC2. The average molecular weight is 327 g/mol. The van der Waals surface area contributed by atoms with Gasteiger partial charge in [0.2, 0.25) is 5.91 Å². The number of amides is 1. The summed E-state index contributed by atoms with van der Waals surface area (Å²) < 4.78 is 2.95. The molecule has 0 radical (unpaired) electrons. The van der Waals surface area contributed by atoms with Crippen LogP contribution in [0.3, 0.4) is 0 Å². The summed E-state index contributed by atoms with van der Waals surface area (Å²) in [6, 6.07) is 2.15. The lowest BCUT2D eigenvalue weighted by atomic mass is 9.98. The van der Waals surface area contributed by atoms with Crippen LogP contribution in [0.4, 0.5) is 0 Å². The second-order valence-electron chi connectivity index (χ2n) is 6.69. The summed E-state index contributed by atoms with van der Waals surface area (Å²) in [5.74, 6) is 0.591. The molecular formula is C17H21N5O2. The summed E-state index contributed by atoms with van der Waals surface area (Å²) >= 11 is 0. The minimum atomic E-state index is -0.179. The van der Waals surface area contributed by atoms with Crippen LogP contribution in [0.15, 0.2) is 17.1 Å². The van der Waals surface area contributed by atoms with Crippen LogP contribution in [0, 0.1) is 5.92 Å². The van der Waals surface area contributed by atoms with Gasteiger partial charge in [0.15, 0.2) is 0 Å². The summed E-state index contributed by atoms with van der Waals surface area (Å²) in [6.45, 7) is 0.903. The van der Waals surface area contributed by atoms with E-state index in [2.05, 4.69) is 21.5 Å². The van der Waals surface area contributed by atoms with Gasteiger partial charge in [0.25, 0.3) is 0 Å². The summed E-state index contributed by atoms with van der Waals surface area (Å²) in [7, 11) is 1.64. The number of pyridine rings is 1. The first-order chi connectivity index (χ1) is 11.6. The molecule has 7 nitrogen and oxygen atoms in total. The monoisotopic (exact) mass is 327 g/mol. The molecule has 0 spiro atoms. The highest BCUT2D eigenvalue weighted by molar-refractivity contribution is 5.78. The molecule has 3 heterocycles. The van der Waals surface area contributed by atoms with E-state index in [1.54, 1.807) is 11.6 Å². The number of nitrogens with one attached hydrogen (secondary N) is 1. The second-order valence-corrected chi connectivity index (χ2v) is 6.69. The van der Waals surface area contributed by atoms with Crippen molar-refractivity contribution in [2.75, 3.05) is 0 Å². The fourth-order valence-corrected chi connectivity index (χ4v) is 3.66. The van der Waals surface area contributed by atoms with Crippen molar-refractivity contribution < 1.29 is 4.79 Å². The van der Waals surface area contributed by atoms with Crippen LogP contribution in [0.25, 0.3) is 0 Å². The first-order valence-corrected chi connectivity index (χ1v) is 8.49. The van der Waals surface area contributed by atoms with Gasteiger partial charge in [0.05, 0.1) is 5.92 Å². The lowest BCUT2D eigenvalue weighted by molar-refractivity contribution is -0.126. The van der Waals surface area contributed by atoms with Gasteiger partial charge < -0.3 is 5.32 Å². The normalized spacial score (nSPS) is 19.0. The number of nitrogens with zero attached hydrogens (tertiary/aromatic N) is 4. The number of rotatable bonds is 3. The fourth-order valence-electron chi connectivity index (χ4n) is 3.66. The molecule has 0 unspecified atom stereocenters. The Morgan fingerprint density at radius 3 is 3.12 bits per heavy atom. The third-order valence-corrected chi connectivity index (χ3v) is 5.02. The molecule has 4 rings (SSSR count). The van der Waals surface area contributed by atoms with Crippen LogP contribution >= 0.6 is 0 Å². The van der Waals surface area contributed by atoms with Crippen molar-refractivity contribution in [2.24, 2.45) is 13.0 Å². The van der Waals surface area contributed by atoms with E-state index in [0.717, 1.165) is 30.7 Å². The second kappa shape index (κ2) is 5.89. The van der Waals surface area contributed by atoms with Gasteiger partial charge in [-0.3, -0.25) is 14.3 Å². The molecule has 0 saturated carbocycles. The molecule has 0 bridgehead atoms. The minimum absolute atomic E-state index is 0.00287. The molecule has 0 fully saturated rings. The first-order valence-electron chi connectivity index (χ1n) is 8.49. The van der Waals surface area contributed by atoms with E-state index in [0.29, 0.717) is 19.5 Å². The molecule has 24 heavy (non-hydrogen) atoms. The summed E-state index contributed by atoms with van der Waals surface area (Å²) in [5.41, 5.74) is 3.40. The maximum absolute atomic E-state index is 12.5. The molecule has 2 aromatic heterocycles. The molecule has 1 N–H and O–H groups in total. The number of carbonyl (C=O) groups is 1. The Balaban J connectivity index is 1.40. The quantitative estimate of drug-likeness (QED) is 0.882. The molecule has 2 aliphatic rings. The molecular weight excluding hydrogens is 306 g/mol. The van der Waals surface area contributed by atoms with Gasteiger partial charge in [-0.1, -0.05) is 6.07 Å². The standard InChI is InChI=1S/C17H21N5O2/c1-21-17(24)22-10-13(5-6-15(22)20-21)16(23)19-9-11-7-12-3-2-4-14(12)18-8-11/h7-8,13H,2-6,9-10H2,1H3,(H,19,23)/t13-/m0/s1. The van der Waals surface area contributed by atoms with E-state index in [-0.39, 0.29) is 17.5 Å². The highest BCUT2D eigenvalue weighted by atomic mass is 16.2. The van der Waals surface area contributed by atoms with E-state index >= 15 is 0 Å². The molecule has 1 atom stereocenters. The van der Waals surface area contributed by atoms with Gasteiger partial charge >= 0.3 is 5.69 Å². The van der Waals surface area contributed by atoms with Crippen LogP contribution in [-0.4, -0.2) is 25.2 Å². The van der Waals surface area contributed by atoms with E-state index < -0.39 is 0 Å². The molecule has 1 aliphatic carbocycles. The van der Waals surface area contributed by atoms with Crippen molar-refractivity contribution >= 4 is 5.91 Å².